The number of imidazole rings is 1. The predicted molar refractivity (Wildman–Crippen MR) is 96.8 cm³/mol. The van der Waals surface area contributed by atoms with E-state index in [1.54, 1.807) is 48.4 Å². The lowest BCUT2D eigenvalue weighted by Crippen LogP contribution is -2.13. The van der Waals surface area contributed by atoms with Gasteiger partial charge in [-0.05, 0) is 19.9 Å². The Kier molecular flexibility index (Phi) is 4.05. The quantitative estimate of drug-likeness (QED) is 0.596. The molecule has 1 N–H and O–H groups in total. The number of hydrogen-bond acceptors (Lipinski definition) is 7. The van der Waals surface area contributed by atoms with Crippen LogP contribution in [0.15, 0.2) is 42.4 Å². The van der Waals surface area contributed by atoms with Gasteiger partial charge in [0, 0.05) is 17.8 Å². The summed E-state index contributed by atoms with van der Waals surface area (Å²) in [6.45, 7) is 3.67. The van der Waals surface area contributed by atoms with Gasteiger partial charge in [-0.2, -0.15) is 0 Å². The minimum Gasteiger partial charge on any atom is -0.453 e. The van der Waals surface area contributed by atoms with Crippen LogP contribution < -0.4 is 10.1 Å². The number of aryl methyl sites for hydroxylation is 2. The number of ether oxygens (including phenoxy) is 1. The van der Waals surface area contributed by atoms with E-state index in [1.165, 1.54) is 11.3 Å². The molecule has 0 aliphatic heterocycles. The molecule has 0 aliphatic carbocycles. The van der Waals surface area contributed by atoms with Crippen LogP contribution in [0.25, 0.3) is 5.65 Å². The van der Waals surface area contributed by atoms with Crippen LogP contribution in [-0.4, -0.2) is 30.2 Å². The zero-order chi connectivity index (χ0) is 18.1. The van der Waals surface area contributed by atoms with Gasteiger partial charge in [-0.1, -0.05) is 0 Å². The highest BCUT2D eigenvalue weighted by Crippen LogP contribution is 2.24. The molecular weight excluding hydrogens is 352 g/mol. The molecule has 9 heteroatoms. The molecule has 0 bridgehead atoms. The molecule has 0 unspecified atom stereocenters. The number of nitrogens with one attached hydrogen (secondary N) is 1. The SMILES string of the molecule is Cc1csc(NC(=O)c2cc(Oc3cnc(C)nc3)cn3ccnc23)n1. The van der Waals surface area contributed by atoms with Gasteiger partial charge >= 0.3 is 0 Å². The summed E-state index contributed by atoms with van der Waals surface area (Å²) < 4.78 is 7.52. The fourth-order valence-electron chi connectivity index (χ4n) is 2.38. The number of nitrogens with zero attached hydrogens (tertiary/aromatic N) is 5. The lowest BCUT2D eigenvalue weighted by atomic mass is 10.2. The van der Waals surface area contributed by atoms with Crippen LogP contribution in [0, 0.1) is 13.8 Å². The minimum atomic E-state index is -0.304. The molecule has 0 fully saturated rings. The average molecular weight is 366 g/mol. The average Bonchev–Trinajstić information content (AvgIpc) is 3.25. The van der Waals surface area contributed by atoms with Crippen molar-refractivity contribution < 1.29 is 9.53 Å². The maximum absolute atomic E-state index is 12.7. The van der Waals surface area contributed by atoms with Gasteiger partial charge in [0.2, 0.25) is 0 Å². The van der Waals surface area contributed by atoms with Crippen molar-refractivity contribution in [3.63, 3.8) is 0 Å². The number of thiazole rings is 1. The number of carbonyl (C=O) groups is 1. The number of fused-ring (bicyclic) bond motifs is 1. The van der Waals surface area contributed by atoms with E-state index >= 15 is 0 Å². The van der Waals surface area contributed by atoms with E-state index in [4.69, 9.17) is 4.74 Å². The molecule has 0 radical (unpaired) electrons. The maximum atomic E-state index is 12.7. The van der Waals surface area contributed by atoms with Gasteiger partial charge in [0.05, 0.1) is 29.8 Å². The summed E-state index contributed by atoms with van der Waals surface area (Å²) in [6.07, 6.45) is 8.28. The summed E-state index contributed by atoms with van der Waals surface area (Å²) in [5.74, 6) is 1.31. The lowest BCUT2D eigenvalue weighted by molar-refractivity contribution is 0.102. The predicted octanol–water partition coefficient (Wildman–Crippen LogP) is 3.24. The van der Waals surface area contributed by atoms with Gasteiger partial charge < -0.3 is 9.14 Å². The zero-order valence-corrected chi connectivity index (χ0v) is 14.8. The number of rotatable bonds is 4. The first-order valence-corrected chi connectivity index (χ1v) is 8.63. The summed E-state index contributed by atoms with van der Waals surface area (Å²) in [5, 5.41) is 5.20. The Balaban J connectivity index is 1.67. The van der Waals surface area contributed by atoms with Crippen LogP contribution >= 0.6 is 11.3 Å². The van der Waals surface area contributed by atoms with Gasteiger partial charge in [0.1, 0.15) is 17.2 Å². The highest BCUT2D eigenvalue weighted by Gasteiger charge is 2.16. The smallest absolute Gasteiger partial charge is 0.261 e. The van der Waals surface area contributed by atoms with Gasteiger partial charge in [-0.25, -0.2) is 19.9 Å². The summed E-state index contributed by atoms with van der Waals surface area (Å²) in [4.78, 5) is 29.4. The first kappa shape index (κ1) is 16.2. The van der Waals surface area contributed by atoms with Crippen LogP contribution in [0.4, 0.5) is 5.13 Å². The topological polar surface area (TPSA) is 94.3 Å². The van der Waals surface area contributed by atoms with E-state index in [1.807, 2.05) is 12.3 Å². The monoisotopic (exact) mass is 366 g/mol. The molecule has 130 valence electrons. The third-order valence-electron chi connectivity index (χ3n) is 3.54. The molecule has 0 spiro atoms. The molecule has 4 heterocycles. The molecule has 1 amide bonds. The van der Waals surface area contributed by atoms with Crippen molar-refractivity contribution in [2.24, 2.45) is 0 Å². The largest absolute Gasteiger partial charge is 0.453 e. The summed E-state index contributed by atoms with van der Waals surface area (Å²) in [6, 6.07) is 1.64. The first-order valence-electron chi connectivity index (χ1n) is 7.75. The van der Waals surface area contributed by atoms with E-state index in [2.05, 4.69) is 25.3 Å². The Labute approximate surface area is 152 Å². The van der Waals surface area contributed by atoms with E-state index in [-0.39, 0.29) is 5.91 Å². The van der Waals surface area contributed by atoms with Crippen molar-refractivity contribution in [3.8, 4) is 11.5 Å². The Hall–Kier alpha value is -3.33. The van der Waals surface area contributed by atoms with Crippen LogP contribution in [0.3, 0.4) is 0 Å². The third-order valence-corrected chi connectivity index (χ3v) is 4.42. The molecular formula is C17H14N6O2S. The summed E-state index contributed by atoms with van der Waals surface area (Å²) in [5.41, 5.74) is 1.77. The maximum Gasteiger partial charge on any atom is 0.261 e. The molecule has 0 aliphatic rings. The number of carbonyl (C=O) groups excluding carboxylic acids is 1. The molecule has 0 saturated carbocycles. The third kappa shape index (κ3) is 3.24. The van der Waals surface area contributed by atoms with Gasteiger partial charge in [-0.15, -0.1) is 11.3 Å². The fraction of sp³-hybridized carbons (Fsp3) is 0.118. The fourth-order valence-corrected chi connectivity index (χ4v) is 3.06. The van der Waals surface area contributed by atoms with E-state index in [0.29, 0.717) is 33.7 Å². The molecule has 8 nitrogen and oxygen atoms in total. The van der Waals surface area contributed by atoms with Crippen molar-refractivity contribution in [2.75, 3.05) is 5.32 Å². The van der Waals surface area contributed by atoms with Gasteiger partial charge in [0.15, 0.2) is 10.9 Å². The van der Waals surface area contributed by atoms with Crippen LogP contribution in [0.2, 0.25) is 0 Å². The van der Waals surface area contributed by atoms with Crippen molar-refractivity contribution in [2.45, 2.75) is 13.8 Å². The van der Waals surface area contributed by atoms with Crippen molar-refractivity contribution >= 4 is 28.0 Å². The van der Waals surface area contributed by atoms with Crippen molar-refractivity contribution in [1.29, 1.82) is 0 Å². The Bertz CT molecular complexity index is 1090. The van der Waals surface area contributed by atoms with Gasteiger partial charge in [-0.3, -0.25) is 10.1 Å². The molecule has 0 atom stereocenters. The van der Waals surface area contributed by atoms with Crippen LogP contribution in [-0.2, 0) is 0 Å². The highest BCUT2D eigenvalue weighted by atomic mass is 32.1. The Morgan fingerprint density at radius 3 is 2.73 bits per heavy atom. The molecule has 26 heavy (non-hydrogen) atoms. The second kappa shape index (κ2) is 6.52. The lowest BCUT2D eigenvalue weighted by Gasteiger charge is -2.09. The highest BCUT2D eigenvalue weighted by molar-refractivity contribution is 7.13. The number of amides is 1. The number of hydrogen-bond donors (Lipinski definition) is 1. The molecule has 0 saturated heterocycles. The van der Waals surface area contributed by atoms with E-state index in [0.717, 1.165) is 5.69 Å². The van der Waals surface area contributed by atoms with E-state index < -0.39 is 0 Å². The van der Waals surface area contributed by atoms with E-state index in [9.17, 15) is 4.79 Å². The molecule has 0 aromatic carbocycles. The molecule has 4 aromatic rings. The van der Waals surface area contributed by atoms with Crippen LogP contribution in [0.1, 0.15) is 21.9 Å². The van der Waals surface area contributed by atoms with Gasteiger partial charge in [0.25, 0.3) is 5.91 Å². The Morgan fingerprint density at radius 1 is 1.19 bits per heavy atom. The second-order valence-electron chi connectivity index (χ2n) is 5.56. The standard InChI is InChI=1S/C17H14N6O2S/c1-10-9-26-17(21-10)22-16(24)14-5-12(8-23-4-3-18-15(14)23)25-13-6-19-11(2)20-7-13/h3-9H,1-2H3,(H,21,22,24). The molecule has 4 aromatic heterocycles. The Morgan fingerprint density at radius 2 is 2.00 bits per heavy atom. The zero-order valence-electron chi connectivity index (χ0n) is 14.0. The normalized spacial score (nSPS) is 10.8. The second-order valence-corrected chi connectivity index (χ2v) is 6.42. The number of pyridine rings is 1. The summed E-state index contributed by atoms with van der Waals surface area (Å²) in [7, 11) is 0. The number of anilines is 1. The summed E-state index contributed by atoms with van der Waals surface area (Å²) >= 11 is 1.37. The minimum absolute atomic E-state index is 0.304. The first-order chi connectivity index (χ1) is 12.6. The molecule has 4 rings (SSSR count). The number of aromatic nitrogens is 5. The van der Waals surface area contributed by atoms with Crippen molar-refractivity contribution in [1.82, 2.24) is 24.3 Å². The van der Waals surface area contributed by atoms with Crippen molar-refractivity contribution in [3.05, 3.63) is 59.5 Å². The van der Waals surface area contributed by atoms with Crippen LogP contribution in [0.5, 0.6) is 11.5 Å².